The first-order valence-electron chi connectivity index (χ1n) is 10.7. The first-order valence-corrected chi connectivity index (χ1v) is 10.7. The Bertz CT molecular complexity index is 1250. The van der Waals surface area contributed by atoms with Crippen molar-refractivity contribution in [2.75, 3.05) is 21.3 Å². The Hall–Kier alpha value is -4.19. The summed E-state index contributed by atoms with van der Waals surface area (Å²) in [6, 6.07) is 15.1. The minimum Gasteiger partial charge on any atom is -0.493 e. The van der Waals surface area contributed by atoms with Crippen LogP contribution in [0.3, 0.4) is 0 Å². The fourth-order valence-electron chi connectivity index (χ4n) is 3.81. The van der Waals surface area contributed by atoms with E-state index in [0.717, 1.165) is 16.7 Å². The quantitative estimate of drug-likeness (QED) is 0.394. The molecule has 0 atom stereocenters. The topological polar surface area (TPSA) is 63.2 Å². The van der Waals surface area contributed by atoms with E-state index in [1.807, 2.05) is 37.3 Å². The average molecular weight is 459 g/mol. The molecule has 0 saturated heterocycles. The van der Waals surface area contributed by atoms with Gasteiger partial charge < -0.3 is 23.7 Å². The average Bonchev–Trinajstić information content (AvgIpc) is 3.17. The van der Waals surface area contributed by atoms with Gasteiger partial charge in [-0.3, -0.25) is 4.79 Å². The Balaban J connectivity index is 1.58. The molecule has 0 radical (unpaired) electrons. The molecular formula is C28H26O6. The van der Waals surface area contributed by atoms with E-state index in [1.165, 1.54) is 7.11 Å². The molecule has 0 N–H and O–H groups in total. The van der Waals surface area contributed by atoms with Gasteiger partial charge in [0.05, 0.1) is 26.9 Å². The molecule has 0 amide bonds. The van der Waals surface area contributed by atoms with Crippen LogP contribution in [0.25, 0.3) is 12.2 Å². The molecule has 1 aliphatic heterocycles. The van der Waals surface area contributed by atoms with Crippen LogP contribution in [0.15, 0.2) is 60.9 Å². The maximum atomic E-state index is 13.1. The Kier molecular flexibility index (Phi) is 6.59. The molecular weight excluding hydrogens is 432 g/mol. The molecule has 0 fully saturated rings. The lowest BCUT2D eigenvalue weighted by Crippen LogP contribution is -2.01. The molecule has 0 unspecified atom stereocenters. The van der Waals surface area contributed by atoms with Crippen LogP contribution >= 0.6 is 0 Å². The molecule has 4 rings (SSSR count). The molecule has 0 bridgehead atoms. The summed E-state index contributed by atoms with van der Waals surface area (Å²) in [6.45, 7) is 6.04. The van der Waals surface area contributed by atoms with Gasteiger partial charge in [0.25, 0.3) is 0 Å². The smallest absolute Gasteiger partial charge is 0.232 e. The number of aryl methyl sites for hydroxylation is 1. The number of hydrogen-bond donors (Lipinski definition) is 0. The van der Waals surface area contributed by atoms with Crippen molar-refractivity contribution in [1.29, 1.82) is 0 Å². The normalized spacial score (nSPS) is 13.3. The highest BCUT2D eigenvalue weighted by molar-refractivity contribution is 6.15. The van der Waals surface area contributed by atoms with Gasteiger partial charge >= 0.3 is 0 Å². The molecule has 0 aromatic heterocycles. The fourth-order valence-corrected chi connectivity index (χ4v) is 3.81. The Morgan fingerprint density at radius 3 is 2.18 bits per heavy atom. The third-order valence-corrected chi connectivity index (χ3v) is 5.55. The van der Waals surface area contributed by atoms with E-state index in [-0.39, 0.29) is 11.5 Å². The third-order valence-electron chi connectivity index (χ3n) is 5.55. The minimum absolute atomic E-state index is 0.187. The summed E-state index contributed by atoms with van der Waals surface area (Å²) in [6.07, 6.45) is 3.46. The van der Waals surface area contributed by atoms with Gasteiger partial charge in [0, 0.05) is 6.07 Å². The van der Waals surface area contributed by atoms with Crippen LogP contribution in [0, 0.1) is 6.92 Å². The van der Waals surface area contributed by atoms with E-state index in [2.05, 4.69) is 6.58 Å². The second kappa shape index (κ2) is 9.75. The molecule has 1 aliphatic rings. The van der Waals surface area contributed by atoms with Crippen molar-refractivity contribution in [3.05, 3.63) is 88.7 Å². The maximum absolute atomic E-state index is 13.1. The number of ether oxygens (including phenoxy) is 5. The molecule has 0 spiro atoms. The lowest BCUT2D eigenvalue weighted by atomic mass is 10.0. The van der Waals surface area contributed by atoms with E-state index in [1.54, 1.807) is 44.6 Å². The number of carbonyl (C=O) groups excluding carboxylic acids is 1. The van der Waals surface area contributed by atoms with Gasteiger partial charge in [-0.1, -0.05) is 36.9 Å². The molecule has 0 saturated carbocycles. The van der Waals surface area contributed by atoms with Crippen LogP contribution in [0.2, 0.25) is 0 Å². The Morgan fingerprint density at radius 1 is 0.912 bits per heavy atom. The number of hydrogen-bond acceptors (Lipinski definition) is 6. The second-order valence-electron chi connectivity index (χ2n) is 7.75. The summed E-state index contributed by atoms with van der Waals surface area (Å²) in [5, 5.41) is 0. The monoisotopic (exact) mass is 458 g/mol. The number of allylic oxidation sites excluding steroid dienone is 1. The van der Waals surface area contributed by atoms with E-state index >= 15 is 0 Å². The molecule has 1 heterocycles. The number of methoxy groups -OCH3 is 3. The second-order valence-corrected chi connectivity index (χ2v) is 7.75. The van der Waals surface area contributed by atoms with Gasteiger partial charge in [-0.05, 0) is 53.5 Å². The number of ketones is 1. The lowest BCUT2D eigenvalue weighted by molar-refractivity contribution is 0.101. The highest BCUT2D eigenvalue weighted by atomic mass is 16.5. The first kappa shape index (κ1) is 23.0. The summed E-state index contributed by atoms with van der Waals surface area (Å²) in [5.41, 5.74) is 4.08. The number of fused-ring (bicyclic) bond motifs is 1. The van der Waals surface area contributed by atoms with E-state index in [9.17, 15) is 4.79 Å². The molecule has 0 aliphatic carbocycles. The van der Waals surface area contributed by atoms with Crippen LogP contribution in [0.4, 0.5) is 0 Å². The van der Waals surface area contributed by atoms with Crippen molar-refractivity contribution in [3.63, 3.8) is 0 Å². The van der Waals surface area contributed by atoms with Crippen molar-refractivity contribution in [3.8, 4) is 28.7 Å². The van der Waals surface area contributed by atoms with E-state index in [0.29, 0.717) is 46.5 Å². The fraction of sp³-hybridized carbons (Fsp3) is 0.179. The van der Waals surface area contributed by atoms with Crippen LogP contribution in [0.5, 0.6) is 28.7 Å². The molecule has 174 valence electrons. The van der Waals surface area contributed by atoms with Crippen LogP contribution in [-0.2, 0) is 6.61 Å². The molecule has 6 heteroatoms. The Morgan fingerprint density at radius 2 is 1.59 bits per heavy atom. The summed E-state index contributed by atoms with van der Waals surface area (Å²) in [5.74, 6) is 2.59. The number of Topliss-reactive ketones (excluding diaryl/α,β-unsaturated/α-hetero) is 1. The van der Waals surface area contributed by atoms with Crippen molar-refractivity contribution < 1.29 is 28.5 Å². The van der Waals surface area contributed by atoms with E-state index < -0.39 is 0 Å². The van der Waals surface area contributed by atoms with Crippen molar-refractivity contribution in [1.82, 2.24) is 0 Å². The number of carbonyl (C=O) groups is 1. The van der Waals surface area contributed by atoms with E-state index in [4.69, 9.17) is 23.7 Å². The predicted octanol–water partition coefficient (Wildman–Crippen LogP) is 5.86. The molecule has 6 nitrogen and oxygen atoms in total. The number of benzene rings is 3. The van der Waals surface area contributed by atoms with Crippen LogP contribution in [-0.4, -0.2) is 27.1 Å². The van der Waals surface area contributed by atoms with Crippen LogP contribution in [0.1, 0.15) is 32.6 Å². The summed E-state index contributed by atoms with van der Waals surface area (Å²) in [4.78, 5) is 13.1. The van der Waals surface area contributed by atoms with Gasteiger partial charge in [-0.15, -0.1) is 0 Å². The zero-order valence-corrected chi connectivity index (χ0v) is 19.6. The SMILES string of the molecule is C=Cc1ccc(COc2cc(C)c3c(c2)O/C(=C\c2cc(OC)c(OC)c(OC)c2)C3=O)cc1. The van der Waals surface area contributed by atoms with Gasteiger partial charge in [-0.25, -0.2) is 0 Å². The van der Waals surface area contributed by atoms with Crippen molar-refractivity contribution in [2.45, 2.75) is 13.5 Å². The van der Waals surface area contributed by atoms with Crippen LogP contribution < -0.4 is 23.7 Å². The highest BCUT2D eigenvalue weighted by Gasteiger charge is 2.30. The van der Waals surface area contributed by atoms with Gasteiger partial charge in [0.15, 0.2) is 17.3 Å². The third kappa shape index (κ3) is 4.48. The highest BCUT2D eigenvalue weighted by Crippen LogP contribution is 2.41. The summed E-state index contributed by atoms with van der Waals surface area (Å²) in [7, 11) is 4.62. The van der Waals surface area contributed by atoms with Gasteiger partial charge in [0.1, 0.15) is 18.1 Å². The van der Waals surface area contributed by atoms with Crippen molar-refractivity contribution in [2.24, 2.45) is 0 Å². The summed E-state index contributed by atoms with van der Waals surface area (Å²) >= 11 is 0. The van der Waals surface area contributed by atoms with Crippen molar-refractivity contribution >= 4 is 17.9 Å². The largest absolute Gasteiger partial charge is 0.493 e. The standard InChI is InChI=1S/C28H26O6/c1-6-18-7-9-19(10-8-18)16-33-21-11-17(2)26-22(15-21)34-23(27(26)29)12-20-13-24(30-3)28(32-5)25(14-20)31-4/h6-15H,1,16H2,2-5H3/b23-12-. The lowest BCUT2D eigenvalue weighted by Gasteiger charge is -2.13. The molecule has 3 aromatic carbocycles. The van der Waals surface area contributed by atoms with Gasteiger partial charge in [-0.2, -0.15) is 0 Å². The molecule has 3 aromatic rings. The number of rotatable bonds is 8. The van der Waals surface area contributed by atoms with Gasteiger partial charge in [0.2, 0.25) is 11.5 Å². The minimum atomic E-state index is -0.187. The Labute approximate surface area is 199 Å². The summed E-state index contributed by atoms with van der Waals surface area (Å²) < 4.78 is 28.1. The zero-order chi connectivity index (χ0) is 24.2. The first-order chi connectivity index (χ1) is 16.5. The predicted molar refractivity (Wildman–Crippen MR) is 131 cm³/mol. The zero-order valence-electron chi connectivity index (χ0n) is 19.6. The maximum Gasteiger partial charge on any atom is 0.232 e. The molecule has 34 heavy (non-hydrogen) atoms.